The van der Waals surface area contributed by atoms with E-state index in [0.717, 1.165) is 0 Å². The predicted octanol–water partition coefficient (Wildman–Crippen LogP) is 2.25. The van der Waals surface area contributed by atoms with Gasteiger partial charge in [-0.25, -0.2) is 0 Å². The molecule has 2 aromatic carbocycles. The van der Waals surface area contributed by atoms with Gasteiger partial charge in [-0.1, -0.05) is 12.1 Å². The molecule has 0 radical (unpaired) electrons. The number of benzene rings is 2. The largest absolute Gasteiger partial charge is 0.507 e. The molecule has 0 fully saturated rings. The smallest absolute Gasteiger partial charge is 0.308 e. The molecule has 0 unspecified atom stereocenters. The topological polar surface area (TPSA) is 83.8 Å². The monoisotopic (exact) mass is 272 g/mol. The molecule has 2 aromatic rings. The van der Waals surface area contributed by atoms with E-state index in [2.05, 4.69) is 0 Å². The van der Waals surface area contributed by atoms with Crippen LogP contribution in [0.4, 0.5) is 0 Å². The fraction of sp³-hybridized carbons (Fsp3) is 0.0667. The van der Waals surface area contributed by atoms with Gasteiger partial charge in [-0.2, -0.15) is 0 Å². The molecule has 102 valence electrons. The van der Waals surface area contributed by atoms with Crippen LogP contribution in [0.3, 0.4) is 0 Å². The molecule has 0 bridgehead atoms. The van der Waals surface area contributed by atoms with Crippen LogP contribution in [0.1, 0.15) is 22.8 Å². The van der Waals surface area contributed by atoms with E-state index in [0.29, 0.717) is 0 Å². The molecule has 0 heterocycles. The molecular weight excluding hydrogens is 260 g/mol. The molecule has 2 rings (SSSR count). The second kappa shape index (κ2) is 5.44. The first-order chi connectivity index (χ1) is 9.49. The highest BCUT2D eigenvalue weighted by Crippen LogP contribution is 2.28. The third kappa shape index (κ3) is 2.77. The molecule has 0 aliphatic carbocycles. The molecule has 0 saturated carbocycles. The zero-order valence-corrected chi connectivity index (χ0v) is 10.7. The Morgan fingerprint density at radius 2 is 1.60 bits per heavy atom. The van der Waals surface area contributed by atoms with Gasteiger partial charge in [-0.3, -0.25) is 9.59 Å². The van der Waals surface area contributed by atoms with Gasteiger partial charge in [-0.05, 0) is 24.3 Å². The quantitative estimate of drug-likeness (QED) is 0.508. The lowest BCUT2D eigenvalue weighted by Crippen LogP contribution is -2.04. The number of esters is 1. The van der Waals surface area contributed by atoms with Gasteiger partial charge in [0.1, 0.15) is 17.2 Å². The maximum Gasteiger partial charge on any atom is 0.308 e. The Balaban J connectivity index is 2.36. The molecule has 5 nitrogen and oxygen atoms in total. The van der Waals surface area contributed by atoms with Crippen LogP contribution in [0, 0.1) is 0 Å². The van der Waals surface area contributed by atoms with Gasteiger partial charge < -0.3 is 14.9 Å². The maximum absolute atomic E-state index is 12.2. The molecule has 5 heteroatoms. The minimum Gasteiger partial charge on any atom is -0.507 e. The van der Waals surface area contributed by atoms with E-state index in [4.69, 9.17) is 4.74 Å². The van der Waals surface area contributed by atoms with Crippen molar-refractivity contribution < 1.29 is 24.5 Å². The van der Waals surface area contributed by atoms with Crippen LogP contribution in [0.5, 0.6) is 17.2 Å². The molecule has 20 heavy (non-hydrogen) atoms. The van der Waals surface area contributed by atoms with Crippen LogP contribution in [-0.4, -0.2) is 22.0 Å². The molecule has 2 N–H and O–H groups in total. The zero-order valence-electron chi connectivity index (χ0n) is 10.7. The standard InChI is InChI=1S/C15H12O5/c1-9(16)20-10-6-7-12(14(18)8-10)15(19)11-4-2-3-5-13(11)17/h2-8,17-18H,1H3. The number of hydrogen-bond donors (Lipinski definition) is 2. The van der Waals surface area contributed by atoms with E-state index in [-0.39, 0.29) is 28.4 Å². The number of phenols is 2. The Hall–Kier alpha value is -2.82. The number of carbonyl (C=O) groups is 2. The van der Waals surface area contributed by atoms with E-state index in [9.17, 15) is 19.8 Å². The average Bonchev–Trinajstić information content (AvgIpc) is 2.38. The Labute approximate surface area is 115 Å². The van der Waals surface area contributed by atoms with Gasteiger partial charge in [0.05, 0.1) is 11.1 Å². The van der Waals surface area contributed by atoms with Gasteiger partial charge in [0.2, 0.25) is 0 Å². The fourth-order valence-corrected chi connectivity index (χ4v) is 1.74. The molecular formula is C15H12O5. The average molecular weight is 272 g/mol. The first-order valence-corrected chi connectivity index (χ1v) is 5.83. The molecule has 0 aliphatic rings. The number of hydrogen-bond acceptors (Lipinski definition) is 5. The van der Waals surface area contributed by atoms with Crippen molar-refractivity contribution in [2.75, 3.05) is 0 Å². The number of ketones is 1. The number of aromatic hydroxyl groups is 2. The van der Waals surface area contributed by atoms with Crippen molar-refractivity contribution >= 4 is 11.8 Å². The SMILES string of the molecule is CC(=O)Oc1ccc(C(=O)c2ccccc2O)c(O)c1. The lowest BCUT2D eigenvalue weighted by molar-refractivity contribution is -0.131. The Bertz CT molecular complexity index is 676. The summed E-state index contributed by atoms with van der Waals surface area (Å²) in [5.74, 6) is -1.39. The second-order valence-electron chi connectivity index (χ2n) is 4.12. The third-order valence-electron chi connectivity index (χ3n) is 2.62. The number of para-hydroxylation sites is 1. The Morgan fingerprint density at radius 3 is 2.20 bits per heavy atom. The molecule has 0 saturated heterocycles. The second-order valence-corrected chi connectivity index (χ2v) is 4.12. The highest BCUT2D eigenvalue weighted by Gasteiger charge is 2.17. The third-order valence-corrected chi connectivity index (χ3v) is 2.62. The van der Waals surface area contributed by atoms with Gasteiger partial charge >= 0.3 is 5.97 Å². The summed E-state index contributed by atoms with van der Waals surface area (Å²) >= 11 is 0. The molecule has 0 aliphatic heterocycles. The van der Waals surface area contributed by atoms with E-state index >= 15 is 0 Å². The lowest BCUT2D eigenvalue weighted by Gasteiger charge is -2.07. The minimum absolute atomic E-state index is 0.0161. The van der Waals surface area contributed by atoms with Crippen molar-refractivity contribution in [1.29, 1.82) is 0 Å². The summed E-state index contributed by atoms with van der Waals surface area (Å²) in [5.41, 5.74) is 0.102. The van der Waals surface area contributed by atoms with Gasteiger partial charge in [0.15, 0.2) is 5.78 Å². The van der Waals surface area contributed by atoms with Crippen LogP contribution in [-0.2, 0) is 4.79 Å². The zero-order chi connectivity index (χ0) is 14.7. The highest BCUT2D eigenvalue weighted by atomic mass is 16.5. The van der Waals surface area contributed by atoms with Crippen LogP contribution < -0.4 is 4.74 Å². The minimum atomic E-state index is -0.524. The van der Waals surface area contributed by atoms with Crippen molar-refractivity contribution in [2.24, 2.45) is 0 Å². The summed E-state index contributed by atoms with van der Waals surface area (Å²) in [6, 6.07) is 9.95. The van der Waals surface area contributed by atoms with E-state index in [1.54, 1.807) is 12.1 Å². The summed E-state index contributed by atoms with van der Waals surface area (Å²) in [7, 11) is 0. The summed E-state index contributed by atoms with van der Waals surface area (Å²) in [6.45, 7) is 1.23. The Morgan fingerprint density at radius 1 is 0.950 bits per heavy atom. The molecule has 0 atom stereocenters. The van der Waals surface area contributed by atoms with E-state index in [1.807, 2.05) is 0 Å². The summed E-state index contributed by atoms with van der Waals surface area (Å²) in [4.78, 5) is 23.0. The number of phenolic OH excluding ortho intramolecular Hbond substituents is 2. The van der Waals surface area contributed by atoms with Crippen molar-refractivity contribution in [2.45, 2.75) is 6.92 Å². The number of ether oxygens (including phenoxy) is 1. The van der Waals surface area contributed by atoms with Gasteiger partial charge in [-0.15, -0.1) is 0 Å². The number of rotatable bonds is 3. The Kier molecular flexibility index (Phi) is 3.70. The van der Waals surface area contributed by atoms with Crippen molar-refractivity contribution in [3.05, 3.63) is 53.6 Å². The van der Waals surface area contributed by atoms with Crippen LogP contribution >= 0.6 is 0 Å². The lowest BCUT2D eigenvalue weighted by atomic mass is 10.0. The number of carbonyl (C=O) groups excluding carboxylic acids is 2. The van der Waals surface area contributed by atoms with Crippen LogP contribution in [0.2, 0.25) is 0 Å². The molecule has 0 amide bonds. The van der Waals surface area contributed by atoms with Crippen LogP contribution in [0.25, 0.3) is 0 Å². The predicted molar refractivity (Wildman–Crippen MR) is 71.0 cm³/mol. The van der Waals surface area contributed by atoms with E-state index in [1.165, 1.54) is 37.3 Å². The van der Waals surface area contributed by atoms with Crippen LogP contribution in [0.15, 0.2) is 42.5 Å². The molecule has 0 aromatic heterocycles. The van der Waals surface area contributed by atoms with Crippen molar-refractivity contribution in [3.63, 3.8) is 0 Å². The molecule has 0 spiro atoms. The van der Waals surface area contributed by atoms with Gasteiger partial charge in [0.25, 0.3) is 0 Å². The first kappa shape index (κ1) is 13.6. The summed E-state index contributed by atoms with van der Waals surface area (Å²) in [6.07, 6.45) is 0. The van der Waals surface area contributed by atoms with Crippen molar-refractivity contribution in [1.82, 2.24) is 0 Å². The maximum atomic E-state index is 12.2. The van der Waals surface area contributed by atoms with Gasteiger partial charge in [0, 0.05) is 13.0 Å². The first-order valence-electron chi connectivity index (χ1n) is 5.83. The summed E-state index contributed by atoms with van der Waals surface area (Å²) < 4.78 is 4.80. The summed E-state index contributed by atoms with van der Waals surface area (Å²) in [5, 5.41) is 19.5. The van der Waals surface area contributed by atoms with E-state index < -0.39 is 11.8 Å². The highest BCUT2D eigenvalue weighted by molar-refractivity contribution is 6.12. The normalized spacial score (nSPS) is 10.1. The van der Waals surface area contributed by atoms with Crippen molar-refractivity contribution in [3.8, 4) is 17.2 Å². The fourth-order valence-electron chi connectivity index (χ4n) is 1.74.